The molecule has 0 fully saturated rings. The lowest BCUT2D eigenvalue weighted by Gasteiger charge is -2.22. The summed E-state index contributed by atoms with van der Waals surface area (Å²) >= 11 is 0. The molecule has 92 valence electrons. The molecule has 0 bridgehead atoms. The number of hydrogen-bond acceptors (Lipinski definition) is 4. The summed E-state index contributed by atoms with van der Waals surface area (Å²) in [6, 6.07) is 0.620. The zero-order chi connectivity index (χ0) is 11.8. The predicted molar refractivity (Wildman–Crippen MR) is 64.1 cm³/mol. The van der Waals surface area contributed by atoms with Gasteiger partial charge in [-0.05, 0) is 26.3 Å². The normalized spacial score (nSPS) is 14.9. The lowest BCUT2D eigenvalue weighted by Crippen LogP contribution is -2.35. The molecule has 0 spiro atoms. The SMILES string of the molecule is COCC(CCCN)NC(C)c1cn[nH]c1. The topological polar surface area (TPSA) is 76.0 Å². The summed E-state index contributed by atoms with van der Waals surface area (Å²) in [6.45, 7) is 3.56. The quantitative estimate of drug-likeness (QED) is 0.613. The van der Waals surface area contributed by atoms with Crippen molar-refractivity contribution < 1.29 is 4.74 Å². The second-order valence-electron chi connectivity index (χ2n) is 4.00. The van der Waals surface area contributed by atoms with E-state index in [1.165, 1.54) is 0 Å². The summed E-state index contributed by atoms with van der Waals surface area (Å²) in [6.07, 6.45) is 5.79. The highest BCUT2D eigenvalue weighted by atomic mass is 16.5. The highest BCUT2D eigenvalue weighted by molar-refractivity contribution is 5.08. The maximum absolute atomic E-state index is 5.51. The fourth-order valence-corrected chi connectivity index (χ4v) is 1.73. The van der Waals surface area contributed by atoms with E-state index in [0.29, 0.717) is 12.6 Å². The Morgan fingerprint density at radius 1 is 1.62 bits per heavy atom. The standard InChI is InChI=1S/C11H22N4O/c1-9(10-6-13-14-7-10)15-11(8-16-2)4-3-5-12/h6-7,9,11,15H,3-5,8,12H2,1-2H3,(H,13,14). The van der Waals surface area contributed by atoms with Crippen LogP contribution < -0.4 is 11.1 Å². The molecule has 0 radical (unpaired) electrons. The Labute approximate surface area is 96.8 Å². The fraction of sp³-hybridized carbons (Fsp3) is 0.727. The van der Waals surface area contributed by atoms with Crippen molar-refractivity contribution in [3.63, 3.8) is 0 Å². The molecule has 16 heavy (non-hydrogen) atoms. The number of aromatic nitrogens is 2. The molecule has 0 aliphatic carbocycles. The van der Waals surface area contributed by atoms with E-state index in [1.807, 2.05) is 12.4 Å². The van der Waals surface area contributed by atoms with Gasteiger partial charge < -0.3 is 15.8 Å². The van der Waals surface area contributed by atoms with Crippen molar-refractivity contribution in [1.82, 2.24) is 15.5 Å². The van der Waals surface area contributed by atoms with Crippen molar-refractivity contribution >= 4 is 0 Å². The maximum Gasteiger partial charge on any atom is 0.0616 e. The molecule has 1 aromatic heterocycles. The molecule has 0 amide bonds. The van der Waals surface area contributed by atoms with Crippen LogP contribution in [0.3, 0.4) is 0 Å². The number of H-pyrrole nitrogens is 1. The van der Waals surface area contributed by atoms with Crippen LogP contribution in [-0.4, -0.2) is 36.5 Å². The van der Waals surface area contributed by atoms with E-state index in [9.17, 15) is 0 Å². The lowest BCUT2D eigenvalue weighted by molar-refractivity contribution is 0.156. The van der Waals surface area contributed by atoms with E-state index in [4.69, 9.17) is 10.5 Å². The predicted octanol–water partition coefficient (Wildman–Crippen LogP) is 0.814. The second-order valence-corrected chi connectivity index (χ2v) is 4.00. The Morgan fingerprint density at radius 3 is 3.00 bits per heavy atom. The summed E-state index contributed by atoms with van der Waals surface area (Å²) in [5, 5.41) is 10.3. The molecular weight excluding hydrogens is 204 g/mol. The summed E-state index contributed by atoms with van der Waals surface area (Å²) in [4.78, 5) is 0. The van der Waals surface area contributed by atoms with Crippen LogP contribution in [0.5, 0.6) is 0 Å². The first-order chi connectivity index (χ1) is 7.77. The van der Waals surface area contributed by atoms with Gasteiger partial charge in [-0.1, -0.05) is 0 Å². The van der Waals surface area contributed by atoms with Crippen LogP contribution in [0.4, 0.5) is 0 Å². The Kier molecular flexibility index (Phi) is 6.07. The smallest absolute Gasteiger partial charge is 0.0616 e. The number of ether oxygens (including phenoxy) is 1. The van der Waals surface area contributed by atoms with Gasteiger partial charge >= 0.3 is 0 Å². The average Bonchev–Trinajstić information content (AvgIpc) is 2.79. The number of hydrogen-bond donors (Lipinski definition) is 3. The highest BCUT2D eigenvalue weighted by Crippen LogP contribution is 2.11. The molecular formula is C11H22N4O. The van der Waals surface area contributed by atoms with Crippen molar-refractivity contribution in [2.24, 2.45) is 5.73 Å². The van der Waals surface area contributed by atoms with Crippen LogP contribution in [0, 0.1) is 0 Å². The molecule has 2 atom stereocenters. The van der Waals surface area contributed by atoms with Gasteiger partial charge in [-0.3, -0.25) is 5.10 Å². The summed E-state index contributed by atoms with van der Waals surface area (Å²) < 4.78 is 5.19. The van der Waals surface area contributed by atoms with E-state index in [-0.39, 0.29) is 6.04 Å². The van der Waals surface area contributed by atoms with Crippen molar-refractivity contribution in [2.75, 3.05) is 20.3 Å². The van der Waals surface area contributed by atoms with Crippen LogP contribution in [0.2, 0.25) is 0 Å². The van der Waals surface area contributed by atoms with Crippen molar-refractivity contribution in [1.29, 1.82) is 0 Å². The fourth-order valence-electron chi connectivity index (χ4n) is 1.73. The van der Waals surface area contributed by atoms with Gasteiger partial charge in [-0.2, -0.15) is 5.10 Å². The van der Waals surface area contributed by atoms with Gasteiger partial charge in [0.2, 0.25) is 0 Å². The monoisotopic (exact) mass is 226 g/mol. The van der Waals surface area contributed by atoms with Gasteiger partial charge in [0.05, 0.1) is 12.8 Å². The third kappa shape index (κ3) is 4.30. The second kappa shape index (κ2) is 7.38. The number of nitrogens with two attached hydrogens (primary N) is 1. The van der Waals surface area contributed by atoms with E-state index < -0.39 is 0 Å². The van der Waals surface area contributed by atoms with Gasteiger partial charge in [-0.25, -0.2) is 0 Å². The van der Waals surface area contributed by atoms with Crippen LogP contribution in [-0.2, 0) is 4.74 Å². The third-order valence-electron chi connectivity index (χ3n) is 2.63. The zero-order valence-corrected chi connectivity index (χ0v) is 10.1. The highest BCUT2D eigenvalue weighted by Gasteiger charge is 2.13. The average molecular weight is 226 g/mol. The molecule has 1 rings (SSSR count). The molecule has 2 unspecified atom stereocenters. The molecule has 5 nitrogen and oxygen atoms in total. The van der Waals surface area contributed by atoms with Gasteiger partial charge in [0.25, 0.3) is 0 Å². The minimum absolute atomic E-state index is 0.275. The van der Waals surface area contributed by atoms with Crippen molar-refractivity contribution in [2.45, 2.75) is 31.8 Å². The minimum Gasteiger partial charge on any atom is -0.383 e. The summed E-state index contributed by atoms with van der Waals surface area (Å²) in [7, 11) is 1.72. The van der Waals surface area contributed by atoms with Crippen LogP contribution >= 0.6 is 0 Å². The Bertz CT molecular complexity index is 263. The number of methoxy groups -OCH3 is 1. The number of nitrogens with one attached hydrogen (secondary N) is 2. The number of rotatable bonds is 8. The molecule has 1 aromatic rings. The van der Waals surface area contributed by atoms with Gasteiger partial charge in [0, 0.05) is 31.0 Å². The van der Waals surface area contributed by atoms with Crippen LogP contribution in [0.1, 0.15) is 31.4 Å². The lowest BCUT2D eigenvalue weighted by atomic mass is 10.1. The molecule has 0 aliphatic rings. The molecule has 5 heteroatoms. The molecule has 0 aromatic carbocycles. The zero-order valence-electron chi connectivity index (χ0n) is 10.1. The van der Waals surface area contributed by atoms with Crippen molar-refractivity contribution in [3.8, 4) is 0 Å². The molecule has 4 N–H and O–H groups in total. The summed E-state index contributed by atoms with van der Waals surface area (Å²) in [5.74, 6) is 0. The maximum atomic E-state index is 5.51. The third-order valence-corrected chi connectivity index (χ3v) is 2.63. The van der Waals surface area contributed by atoms with Crippen LogP contribution in [0.25, 0.3) is 0 Å². The Morgan fingerprint density at radius 2 is 2.44 bits per heavy atom. The van der Waals surface area contributed by atoms with Gasteiger partial charge in [0.1, 0.15) is 0 Å². The first-order valence-electron chi connectivity index (χ1n) is 5.71. The van der Waals surface area contributed by atoms with E-state index in [2.05, 4.69) is 22.4 Å². The van der Waals surface area contributed by atoms with E-state index in [0.717, 1.165) is 24.9 Å². The largest absolute Gasteiger partial charge is 0.383 e. The van der Waals surface area contributed by atoms with E-state index >= 15 is 0 Å². The molecule has 0 saturated heterocycles. The van der Waals surface area contributed by atoms with Crippen molar-refractivity contribution in [3.05, 3.63) is 18.0 Å². The van der Waals surface area contributed by atoms with Gasteiger partial charge in [0.15, 0.2) is 0 Å². The minimum atomic E-state index is 0.275. The van der Waals surface area contributed by atoms with Crippen LogP contribution in [0.15, 0.2) is 12.4 Å². The Hall–Kier alpha value is -0.910. The van der Waals surface area contributed by atoms with E-state index in [1.54, 1.807) is 7.11 Å². The Balaban J connectivity index is 2.40. The first kappa shape index (κ1) is 13.2. The molecule has 0 aliphatic heterocycles. The number of aromatic amines is 1. The molecule has 1 heterocycles. The summed E-state index contributed by atoms with van der Waals surface area (Å²) in [5.41, 5.74) is 6.68. The first-order valence-corrected chi connectivity index (χ1v) is 5.71. The van der Waals surface area contributed by atoms with Gasteiger partial charge in [-0.15, -0.1) is 0 Å². The number of nitrogens with zero attached hydrogens (tertiary/aromatic N) is 1. The molecule has 0 saturated carbocycles.